The van der Waals surface area contributed by atoms with E-state index in [1.54, 1.807) is 5.30 Å². The van der Waals surface area contributed by atoms with Crippen LogP contribution in [0.25, 0.3) is 0 Å². The number of rotatable bonds is 2. The zero-order valence-electron chi connectivity index (χ0n) is 7.70. The third kappa shape index (κ3) is 3.29. The summed E-state index contributed by atoms with van der Waals surface area (Å²) >= 11 is 0. The second-order valence-corrected chi connectivity index (χ2v) is 5.17. The zero-order chi connectivity index (χ0) is 8.23. The van der Waals surface area contributed by atoms with Gasteiger partial charge in [0.05, 0.1) is 0 Å². The van der Waals surface area contributed by atoms with Crippen LogP contribution in [0.1, 0.15) is 25.7 Å². The van der Waals surface area contributed by atoms with Crippen molar-refractivity contribution in [3.8, 4) is 0 Å². The molecule has 0 bridgehead atoms. The molecule has 0 N–H and O–H groups in total. The van der Waals surface area contributed by atoms with Crippen LogP contribution in [0, 0.1) is 0 Å². The van der Waals surface area contributed by atoms with Crippen LogP contribution >= 0.6 is 21.0 Å². The SMILES string of the molecule is Cl.c1ccc(PC2CCCC2)cc1. The summed E-state index contributed by atoms with van der Waals surface area (Å²) < 4.78 is 0. The van der Waals surface area contributed by atoms with E-state index in [1.165, 1.54) is 25.7 Å². The third-order valence-corrected chi connectivity index (χ3v) is 4.15. The second-order valence-electron chi connectivity index (χ2n) is 3.49. The van der Waals surface area contributed by atoms with Gasteiger partial charge in [-0.05, 0) is 23.8 Å². The van der Waals surface area contributed by atoms with E-state index in [1.807, 2.05) is 0 Å². The minimum absolute atomic E-state index is 0. The average molecular weight is 215 g/mol. The molecule has 0 radical (unpaired) electrons. The van der Waals surface area contributed by atoms with Crippen molar-refractivity contribution in [2.75, 3.05) is 0 Å². The van der Waals surface area contributed by atoms with Gasteiger partial charge in [0.1, 0.15) is 0 Å². The van der Waals surface area contributed by atoms with Crippen molar-refractivity contribution in [2.24, 2.45) is 0 Å². The third-order valence-electron chi connectivity index (χ3n) is 2.50. The first-order valence-corrected chi connectivity index (χ1v) is 5.84. The molecule has 0 nitrogen and oxygen atoms in total. The van der Waals surface area contributed by atoms with E-state index in [0.29, 0.717) is 0 Å². The lowest BCUT2D eigenvalue weighted by Crippen LogP contribution is -2.00. The van der Waals surface area contributed by atoms with Crippen molar-refractivity contribution in [2.45, 2.75) is 31.3 Å². The van der Waals surface area contributed by atoms with Gasteiger partial charge in [0.15, 0.2) is 0 Å². The summed E-state index contributed by atoms with van der Waals surface area (Å²) in [6.07, 6.45) is 5.86. The molecule has 2 rings (SSSR count). The predicted molar refractivity (Wildman–Crippen MR) is 63.9 cm³/mol. The smallest absolute Gasteiger partial charge is 0.0196 e. The molecule has 0 amide bonds. The van der Waals surface area contributed by atoms with Gasteiger partial charge in [-0.15, -0.1) is 12.4 Å². The molecule has 1 aromatic rings. The molecule has 1 aliphatic rings. The van der Waals surface area contributed by atoms with Gasteiger partial charge in [0, 0.05) is 0 Å². The normalized spacial score (nSPS) is 17.8. The summed E-state index contributed by atoms with van der Waals surface area (Å²) in [5.41, 5.74) is 1.01. The highest BCUT2D eigenvalue weighted by Gasteiger charge is 2.14. The molecule has 1 aliphatic carbocycles. The molecule has 13 heavy (non-hydrogen) atoms. The van der Waals surface area contributed by atoms with Crippen molar-refractivity contribution in [3.63, 3.8) is 0 Å². The van der Waals surface area contributed by atoms with Crippen LogP contribution in [0.3, 0.4) is 0 Å². The van der Waals surface area contributed by atoms with E-state index in [-0.39, 0.29) is 12.4 Å². The number of hydrogen-bond donors (Lipinski definition) is 0. The minimum Gasteiger partial charge on any atom is -0.147 e. The highest BCUT2D eigenvalue weighted by atomic mass is 35.5. The Morgan fingerprint density at radius 1 is 1.00 bits per heavy atom. The highest BCUT2D eigenvalue weighted by molar-refractivity contribution is 7.48. The Labute approximate surface area is 88.3 Å². The molecular formula is C11H16ClP. The van der Waals surface area contributed by atoms with Crippen LogP contribution in [0.2, 0.25) is 0 Å². The lowest BCUT2D eigenvalue weighted by atomic mass is 10.4. The fourth-order valence-electron chi connectivity index (χ4n) is 1.84. The number of benzene rings is 1. The van der Waals surface area contributed by atoms with E-state index >= 15 is 0 Å². The molecule has 0 spiro atoms. The van der Waals surface area contributed by atoms with Crippen molar-refractivity contribution in [1.29, 1.82) is 0 Å². The van der Waals surface area contributed by atoms with Crippen molar-refractivity contribution >= 4 is 26.3 Å². The van der Waals surface area contributed by atoms with Gasteiger partial charge in [-0.25, -0.2) is 0 Å². The molecule has 0 aliphatic heterocycles. The summed E-state index contributed by atoms with van der Waals surface area (Å²) in [6, 6.07) is 10.9. The first-order valence-electron chi connectivity index (χ1n) is 4.77. The first kappa shape index (κ1) is 11.0. The quantitative estimate of drug-likeness (QED) is 0.663. The number of halogens is 1. The van der Waals surface area contributed by atoms with Gasteiger partial charge < -0.3 is 0 Å². The van der Waals surface area contributed by atoms with Gasteiger partial charge in [-0.3, -0.25) is 0 Å². The molecule has 0 aromatic heterocycles. The fraction of sp³-hybridized carbons (Fsp3) is 0.455. The lowest BCUT2D eigenvalue weighted by Gasteiger charge is -2.07. The topological polar surface area (TPSA) is 0 Å². The molecule has 1 fully saturated rings. The van der Waals surface area contributed by atoms with Crippen molar-refractivity contribution in [1.82, 2.24) is 0 Å². The fourth-order valence-corrected chi connectivity index (χ4v) is 3.39. The van der Waals surface area contributed by atoms with Gasteiger partial charge in [0.25, 0.3) is 0 Å². The summed E-state index contributed by atoms with van der Waals surface area (Å²) in [4.78, 5) is 0. The number of hydrogen-bond acceptors (Lipinski definition) is 0. The Balaban J connectivity index is 0.000000845. The monoisotopic (exact) mass is 214 g/mol. The lowest BCUT2D eigenvalue weighted by molar-refractivity contribution is 0.886. The molecule has 1 saturated carbocycles. The van der Waals surface area contributed by atoms with Crippen LogP contribution in [-0.2, 0) is 0 Å². The highest BCUT2D eigenvalue weighted by Crippen LogP contribution is 2.33. The van der Waals surface area contributed by atoms with Crippen LogP contribution in [-0.4, -0.2) is 5.66 Å². The molecule has 0 saturated heterocycles. The van der Waals surface area contributed by atoms with E-state index in [2.05, 4.69) is 30.3 Å². The Morgan fingerprint density at radius 2 is 1.62 bits per heavy atom. The van der Waals surface area contributed by atoms with Gasteiger partial charge >= 0.3 is 0 Å². The van der Waals surface area contributed by atoms with Crippen LogP contribution < -0.4 is 5.30 Å². The van der Waals surface area contributed by atoms with Crippen LogP contribution in [0.4, 0.5) is 0 Å². The summed E-state index contributed by atoms with van der Waals surface area (Å²) in [5.74, 6) is 0. The Morgan fingerprint density at radius 3 is 2.23 bits per heavy atom. The standard InChI is InChI=1S/C11H15P.ClH/c1-2-6-10(7-3-1)12-11-8-4-5-9-11;/h1-3,6-7,11-12H,4-5,8-9H2;1H. The zero-order valence-corrected chi connectivity index (χ0v) is 9.52. The van der Waals surface area contributed by atoms with Crippen molar-refractivity contribution < 1.29 is 0 Å². The van der Waals surface area contributed by atoms with Crippen molar-refractivity contribution in [3.05, 3.63) is 30.3 Å². The van der Waals surface area contributed by atoms with Crippen LogP contribution in [0.15, 0.2) is 30.3 Å². The van der Waals surface area contributed by atoms with E-state index in [4.69, 9.17) is 0 Å². The maximum atomic E-state index is 2.26. The first-order chi connectivity index (χ1) is 5.95. The van der Waals surface area contributed by atoms with E-state index in [0.717, 1.165) is 14.2 Å². The molecule has 2 heteroatoms. The molecule has 1 aromatic carbocycles. The maximum Gasteiger partial charge on any atom is -0.0196 e. The van der Waals surface area contributed by atoms with Gasteiger partial charge in [0.2, 0.25) is 0 Å². The average Bonchev–Trinajstić information content (AvgIpc) is 2.59. The largest absolute Gasteiger partial charge is 0.147 e. The summed E-state index contributed by atoms with van der Waals surface area (Å²) in [6.45, 7) is 0. The van der Waals surface area contributed by atoms with E-state index in [9.17, 15) is 0 Å². The second kappa shape index (κ2) is 5.62. The molecular weight excluding hydrogens is 199 g/mol. The summed E-state index contributed by atoms with van der Waals surface area (Å²) in [5, 5.41) is 1.55. The van der Waals surface area contributed by atoms with Crippen LogP contribution in [0.5, 0.6) is 0 Å². The van der Waals surface area contributed by atoms with E-state index < -0.39 is 0 Å². The van der Waals surface area contributed by atoms with Gasteiger partial charge in [-0.1, -0.05) is 51.8 Å². The predicted octanol–water partition coefficient (Wildman–Crippen LogP) is 3.35. The molecule has 72 valence electrons. The molecule has 1 unspecified atom stereocenters. The summed E-state index contributed by atoms with van der Waals surface area (Å²) in [7, 11) is 1.06. The van der Waals surface area contributed by atoms with Gasteiger partial charge in [-0.2, -0.15) is 0 Å². The Hall–Kier alpha value is -0.0600. The maximum absolute atomic E-state index is 2.26. The Kier molecular flexibility index (Phi) is 4.77. The Bertz CT molecular complexity index is 229. The molecule has 1 atom stereocenters. The molecule has 0 heterocycles. The minimum atomic E-state index is 0.